The van der Waals surface area contributed by atoms with Gasteiger partial charge in [0.2, 0.25) is 23.4 Å². The van der Waals surface area contributed by atoms with Gasteiger partial charge in [0, 0.05) is 74.9 Å². The third-order valence-corrected chi connectivity index (χ3v) is 13.5. The molecule has 3 aromatic rings. The van der Waals surface area contributed by atoms with Crippen molar-refractivity contribution in [1.29, 1.82) is 0 Å². The van der Waals surface area contributed by atoms with Crippen LogP contribution in [-0.4, -0.2) is 99.9 Å². The van der Waals surface area contributed by atoms with Crippen molar-refractivity contribution in [2.45, 2.75) is 77.0 Å². The van der Waals surface area contributed by atoms with Crippen molar-refractivity contribution in [3.63, 3.8) is 0 Å². The molecule has 6 aliphatic heterocycles. The molecule has 15 heteroatoms. The summed E-state index contributed by atoms with van der Waals surface area (Å²) in [4.78, 5) is 95.2. The van der Waals surface area contributed by atoms with E-state index < -0.39 is 29.7 Å². The van der Waals surface area contributed by atoms with Crippen LogP contribution >= 0.6 is 11.6 Å². The Hall–Kier alpha value is -5.81. The van der Waals surface area contributed by atoms with Gasteiger partial charge >= 0.3 is 0 Å². The molecular weight excluding hydrogens is 760 g/mol. The molecule has 0 aliphatic carbocycles. The second-order valence-corrected chi connectivity index (χ2v) is 17.1. The molecule has 0 saturated carbocycles. The minimum atomic E-state index is -1.03. The van der Waals surface area contributed by atoms with Crippen molar-refractivity contribution < 1.29 is 28.8 Å². The van der Waals surface area contributed by atoms with Gasteiger partial charge < -0.3 is 19.6 Å². The lowest BCUT2D eigenvalue weighted by Gasteiger charge is -2.40. The molecule has 58 heavy (non-hydrogen) atoms. The first-order chi connectivity index (χ1) is 27.9. The summed E-state index contributed by atoms with van der Waals surface area (Å²) < 4.78 is 0. The van der Waals surface area contributed by atoms with Gasteiger partial charge in [-0.2, -0.15) is 0 Å². The summed E-state index contributed by atoms with van der Waals surface area (Å²) in [5, 5.41) is 2.70. The third kappa shape index (κ3) is 6.55. The number of aromatic nitrogens is 1. The number of amides is 6. The Morgan fingerprint density at radius 1 is 0.879 bits per heavy atom. The minimum Gasteiger partial charge on any atom is -0.370 e. The number of imide groups is 2. The molecule has 2 aromatic carbocycles. The first kappa shape index (κ1) is 37.7. The number of nitrogens with one attached hydrogen (secondary N) is 1. The maximum absolute atomic E-state index is 13.7. The number of carbonyl (C=O) groups excluding carboxylic acids is 6. The zero-order chi connectivity index (χ0) is 40.5. The van der Waals surface area contributed by atoms with E-state index >= 15 is 0 Å². The lowest BCUT2D eigenvalue weighted by atomic mass is 9.76. The van der Waals surface area contributed by atoms with Crippen LogP contribution in [0.3, 0.4) is 0 Å². The van der Waals surface area contributed by atoms with E-state index in [-0.39, 0.29) is 47.1 Å². The van der Waals surface area contributed by atoms with Gasteiger partial charge in [0.25, 0.3) is 17.7 Å². The van der Waals surface area contributed by atoms with Gasteiger partial charge in [-0.25, -0.2) is 9.83 Å². The van der Waals surface area contributed by atoms with E-state index in [1.165, 1.54) is 0 Å². The summed E-state index contributed by atoms with van der Waals surface area (Å²) in [6.07, 6.45) is 6.17. The van der Waals surface area contributed by atoms with Crippen LogP contribution in [-0.2, 0) is 27.5 Å². The smallest absolute Gasteiger partial charge is 0.272 e. The molecule has 9 rings (SSSR count). The maximum atomic E-state index is 13.7. The summed E-state index contributed by atoms with van der Waals surface area (Å²) in [5.41, 5.74) is 5.12. The summed E-state index contributed by atoms with van der Waals surface area (Å²) in [6, 6.07) is 12.2. The fourth-order valence-electron chi connectivity index (χ4n) is 10.0. The van der Waals surface area contributed by atoms with Crippen molar-refractivity contribution in [1.82, 2.24) is 25.0 Å². The molecule has 6 amide bonds. The zero-order valence-electron chi connectivity index (χ0n) is 32.2. The Morgan fingerprint density at radius 3 is 2.16 bits per heavy atom. The number of hydrogen-bond acceptors (Lipinski definition) is 9. The molecule has 4 saturated heterocycles. The quantitative estimate of drug-likeness (QED) is 0.279. The highest BCUT2D eigenvalue weighted by molar-refractivity contribution is 6.33. The number of likely N-dealkylation sites (tertiary alicyclic amines) is 1. The lowest BCUT2D eigenvalue weighted by Crippen LogP contribution is -2.54. The number of pyridine rings is 1. The highest BCUT2D eigenvalue weighted by Crippen LogP contribution is 2.46. The predicted molar refractivity (Wildman–Crippen MR) is 213 cm³/mol. The van der Waals surface area contributed by atoms with Gasteiger partial charge in [-0.15, -0.1) is 0 Å². The van der Waals surface area contributed by atoms with Gasteiger partial charge in [-0.1, -0.05) is 17.7 Å². The monoisotopic (exact) mass is 802 g/mol. The minimum absolute atomic E-state index is 0.0171. The number of nitrogens with zero attached hydrogens (tertiary/aromatic N) is 7. The summed E-state index contributed by atoms with van der Waals surface area (Å²) >= 11 is 6.37. The van der Waals surface area contributed by atoms with Gasteiger partial charge in [0.1, 0.15) is 11.7 Å². The van der Waals surface area contributed by atoms with Crippen LogP contribution in [0.25, 0.3) is 4.85 Å². The average molecular weight is 803 g/mol. The number of halogens is 1. The lowest BCUT2D eigenvalue weighted by molar-refractivity contribution is -0.138. The molecule has 4 fully saturated rings. The summed E-state index contributed by atoms with van der Waals surface area (Å²) in [5.74, 6) is -2.63. The first-order valence-electron chi connectivity index (χ1n) is 20.0. The standard InChI is InChI=1S/C43H43ClN8O6/c1-25-20-43(24-51(25)29-3-5-34(45-2)33(44)19-29)11-15-48(16-12-43)30-4-6-35(46-21-30)42(58)49-13-9-26(10-14-49)39(55)50-22-27-17-31-32(18-28(27)23-50)41(57)52(40(31)56)36-7-8-37(53)47-38(36)54/h3-6,17-19,21,25-26,36H,7-16,20,22-24H2,1H3,(H,47,53,54)/t25-,36?/m0/s1. The summed E-state index contributed by atoms with van der Waals surface area (Å²) in [6.45, 7) is 13.8. The normalized spacial score (nSPS) is 23.0. The highest BCUT2D eigenvalue weighted by atomic mass is 35.5. The number of rotatable bonds is 5. The van der Waals surface area contributed by atoms with Crippen LogP contribution in [0.15, 0.2) is 48.7 Å². The van der Waals surface area contributed by atoms with Gasteiger partial charge in [-0.3, -0.25) is 39.0 Å². The number of carbonyl (C=O) groups is 6. The van der Waals surface area contributed by atoms with Crippen LogP contribution in [0, 0.1) is 17.9 Å². The van der Waals surface area contributed by atoms with E-state index in [0.29, 0.717) is 61.5 Å². The van der Waals surface area contributed by atoms with E-state index in [9.17, 15) is 28.8 Å². The highest BCUT2D eigenvalue weighted by Gasteiger charge is 2.47. The van der Waals surface area contributed by atoms with Crippen molar-refractivity contribution in [3.05, 3.63) is 93.0 Å². The number of piperidine rings is 3. The molecule has 1 aromatic heterocycles. The van der Waals surface area contributed by atoms with E-state index in [1.54, 1.807) is 40.3 Å². The molecule has 1 N–H and O–H groups in total. The molecule has 14 nitrogen and oxygen atoms in total. The molecule has 1 spiro atoms. The van der Waals surface area contributed by atoms with Crippen LogP contribution in [0.1, 0.15) is 94.2 Å². The Morgan fingerprint density at radius 2 is 1.55 bits per heavy atom. The van der Waals surface area contributed by atoms with Crippen LogP contribution in [0.5, 0.6) is 0 Å². The fourth-order valence-corrected chi connectivity index (χ4v) is 10.2. The van der Waals surface area contributed by atoms with E-state index in [4.69, 9.17) is 18.2 Å². The Balaban J connectivity index is 0.760. The van der Waals surface area contributed by atoms with Crippen molar-refractivity contribution in [2.24, 2.45) is 11.3 Å². The number of anilines is 2. The second-order valence-electron chi connectivity index (χ2n) is 16.7. The van der Waals surface area contributed by atoms with Crippen LogP contribution in [0.4, 0.5) is 17.1 Å². The third-order valence-electron chi connectivity index (χ3n) is 13.2. The van der Waals surface area contributed by atoms with Gasteiger partial charge in [0.15, 0.2) is 0 Å². The summed E-state index contributed by atoms with van der Waals surface area (Å²) in [7, 11) is 0. The largest absolute Gasteiger partial charge is 0.370 e. The van der Waals surface area contributed by atoms with Crippen LogP contribution in [0.2, 0.25) is 5.02 Å². The SMILES string of the molecule is [C-]#[N+]c1ccc(N2CC3(CCN(c4ccc(C(=O)N5CCC(C(=O)N6Cc7cc8c(cc7C6)C(=O)N(C6CCC(=O)NC6=O)C8=O)CC5)nc4)CC3)C[C@@H]2C)cc1Cl. The number of hydrogen-bond donors (Lipinski definition) is 1. The average Bonchev–Trinajstić information content (AvgIpc) is 3.87. The zero-order valence-corrected chi connectivity index (χ0v) is 33.0. The molecule has 7 heterocycles. The Bertz CT molecular complexity index is 2260. The van der Waals surface area contributed by atoms with Crippen LogP contribution < -0.4 is 15.1 Å². The Labute approximate surface area is 340 Å². The maximum Gasteiger partial charge on any atom is 0.272 e. The molecule has 298 valence electrons. The predicted octanol–water partition coefficient (Wildman–Crippen LogP) is 4.97. The van der Waals surface area contributed by atoms with Crippen molar-refractivity contribution in [3.8, 4) is 0 Å². The molecule has 0 bridgehead atoms. The Kier molecular flexibility index (Phi) is 9.46. The molecule has 1 unspecified atom stereocenters. The molecule has 6 aliphatic rings. The van der Waals surface area contributed by atoms with Crippen molar-refractivity contribution >= 4 is 64.1 Å². The molecular formula is C43H43ClN8O6. The van der Waals surface area contributed by atoms with Gasteiger partial charge in [-0.05, 0) is 98.4 Å². The second kappa shape index (κ2) is 14.5. The fraction of sp³-hybridized carbons (Fsp3) is 0.442. The van der Waals surface area contributed by atoms with E-state index in [2.05, 4.69) is 31.9 Å². The van der Waals surface area contributed by atoms with E-state index in [0.717, 1.165) is 66.3 Å². The number of fused-ring (bicyclic) bond motifs is 2. The topological polar surface area (TPSA) is 148 Å². The van der Waals surface area contributed by atoms with E-state index in [1.807, 2.05) is 18.2 Å². The molecule has 2 atom stereocenters. The van der Waals surface area contributed by atoms with Crippen molar-refractivity contribution in [2.75, 3.05) is 42.5 Å². The first-order valence-corrected chi connectivity index (χ1v) is 20.4. The number of benzene rings is 2. The molecule has 0 radical (unpaired) electrons. The van der Waals surface area contributed by atoms with Gasteiger partial charge in [0.05, 0.1) is 29.6 Å².